The van der Waals surface area contributed by atoms with Crippen molar-refractivity contribution in [2.24, 2.45) is 4.99 Å². The molecule has 0 bridgehead atoms. The monoisotopic (exact) mass is 578 g/mol. The van der Waals surface area contributed by atoms with Gasteiger partial charge in [-0.2, -0.15) is 0 Å². The Bertz CT molecular complexity index is 1550. The highest BCUT2D eigenvalue weighted by Gasteiger charge is 2.34. The Morgan fingerprint density at radius 3 is 2.56 bits per heavy atom. The zero-order chi connectivity index (χ0) is 26.9. The van der Waals surface area contributed by atoms with Crippen molar-refractivity contribution < 1.29 is 4.79 Å². The Hall–Kier alpha value is -3.20. The molecule has 2 amide bonds. The van der Waals surface area contributed by atoms with Gasteiger partial charge in [-0.15, -0.1) is 21.5 Å². The van der Waals surface area contributed by atoms with Crippen LogP contribution in [0, 0.1) is 0 Å². The van der Waals surface area contributed by atoms with Gasteiger partial charge in [0, 0.05) is 37.7 Å². The Balaban J connectivity index is 1.48. The van der Waals surface area contributed by atoms with Crippen LogP contribution in [0.1, 0.15) is 78.8 Å². The number of nitrogens with one attached hydrogen (secondary N) is 2. The number of carbonyl (C=O) groups is 1. The summed E-state index contributed by atoms with van der Waals surface area (Å²) >= 11 is 14.6. The first-order valence-electron chi connectivity index (χ1n) is 13.3. The molecule has 10 heteroatoms. The van der Waals surface area contributed by atoms with E-state index in [0.29, 0.717) is 27.5 Å². The number of hydrogen-bond acceptors (Lipinski definition) is 5. The second-order valence-corrected chi connectivity index (χ2v) is 11.8. The molecule has 2 aliphatic rings. The highest BCUT2D eigenvalue weighted by molar-refractivity contribution is 7.15. The first-order valence-corrected chi connectivity index (χ1v) is 14.8. The molecule has 2 N–H and O–H groups in total. The molecule has 200 valence electrons. The maximum atomic E-state index is 13.2. The standard InChI is InChI=1S/C29H28Cl2N6OS/c1-2-20-16-22-24(21-13-6-7-14-23(21)31)33-25(34-29(38)32-19-12-8-11-18(30)15-19)27-36-35-26(37(27)28(22)39-20)17-9-4-3-5-10-17/h6-8,11-17,25H,2-5,9-10H2,1H3,(H2,32,34,38). The van der Waals surface area contributed by atoms with Gasteiger partial charge in [-0.05, 0) is 49.6 Å². The predicted octanol–water partition coefficient (Wildman–Crippen LogP) is 7.92. The van der Waals surface area contributed by atoms with Crippen LogP contribution in [-0.4, -0.2) is 26.5 Å². The summed E-state index contributed by atoms with van der Waals surface area (Å²) in [6.07, 6.45) is 5.86. The molecule has 0 spiro atoms. The van der Waals surface area contributed by atoms with Crippen molar-refractivity contribution in [2.45, 2.75) is 57.5 Å². The van der Waals surface area contributed by atoms with E-state index in [-0.39, 0.29) is 0 Å². The predicted molar refractivity (Wildman–Crippen MR) is 158 cm³/mol. The van der Waals surface area contributed by atoms with Gasteiger partial charge in [0.15, 0.2) is 12.0 Å². The lowest BCUT2D eigenvalue weighted by molar-refractivity contribution is 0.248. The number of aliphatic imine (C=N–C) groups is 1. The fourth-order valence-electron chi connectivity index (χ4n) is 5.34. The molecule has 39 heavy (non-hydrogen) atoms. The lowest BCUT2D eigenvalue weighted by Crippen LogP contribution is -2.33. The van der Waals surface area contributed by atoms with Crippen molar-refractivity contribution in [1.82, 2.24) is 20.1 Å². The molecular formula is C29H28Cl2N6OS. The molecule has 6 rings (SSSR count). The minimum absolute atomic E-state index is 0.308. The van der Waals surface area contributed by atoms with Crippen molar-refractivity contribution in [3.63, 3.8) is 0 Å². The number of thiophene rings is 1. The van der Waals surface area contributed by atoms with Crippen LogP contribution in [0.2, 0.25) is 10.0 Å². The van der Waals surface area contributed by atoms with E-state index >= 15 is 0 Å². The molecule has 1 aliphatic carbocycles. The number of anilines is 1. The summed E-state index contributed by atoms with van der Waals surface area (Å²) < 4.78 is 2.15. The first-order chi connectivity index (χ1) is 19.0. The van der Waals surface area contributed by atoms with Gasteiger partial charge in [0.1, 0.15) is 10.8 Å². The Morgan fingerprint density at radius 1 is 1.00 bits per heavy atom. The van der Waals surface area contributed by atoms with Gasteiger partial charge in [0.25, 0.3) is 0 Å². The summed E-state index contributed by atoms with van der Waals surface area (Å²) in [4.78, 5) is 19.6. The van der Waals surface area contributed by atoms with Gasteiger partial charge in [-0.25, -0.2) is 4.79 Å². The Kier molecular flexibility index (Phi) is 7.42. The van der Waals surface area contributed by atoms with Gasteiger partial charge in [-0.1, -0.05) is 73.7 Å². The van der Waals surface area contributed by atoms with Crippen LogP contribution in [0.3, 0.4) is 0 Å². The highest BCUT2D eigenvalue weighted by atomic mass is 35.5. The fourth-order valence-corrected chi connectivity index (χ4v) is 6.87. The summed E-state index contributed by atoms with van der Waals surface area (Å²) in [5.74, 6) is 1.83. The second-order valence-electron chi connectivity index (χ2n) is 9.84. The van der Waals surface area contributed by atoms with Crippen LogP contribution in [-0.2, 0) is 6.42 Å². The van der Waals surface area contributed by atoms with Gasteiger partial charge in [-0.3, -0.25) is 9.56 Å². The van der Waals surface area contributed by atoms with E-state index in [4.69, 9.17) is 33.3 Å². The van der Waals surface area contributed by atoms with E-state index in [1.54, 1.807) is 35.6 Å². The van der Waals surface area contributed by atoms with Crippen molar-refractivity contribution in [2.75, 3.05) is 5.32 Å². The third-order valence-electron chi connectivity index (χ3n) is 7.24. The number of nitrogens with zero attached hydrogens (tertiary/aromatic N) is 4. The zero-order valence-corrected chi connectivity index (χ0v) is 23.8. The number of halogens is 2. The molecule has 7 nitrogen and oxygen atoms in total. The Labute approximate surface area is 241 Å². The summed E-state index contributed by atoms with van der Waals surface area (Å²) in [5, 5.41) is 17.4. The lowest BCUT2D eigenvalue weighted by Gasteiger charge is -2.22. The molecule has 1 saturated carbocycles. The van der Waals surface area contributed by atoms with E-state index in [9.17, 15) is 4.79 Å². The maximum Gasteiger partial charge on any atom is 0.321 e. The van der Waals surface area contributed by atoms with Crippen LogP contribution in [0.4, 0.5) is 10.5 Å². The smallest absolute Gasteiger partial charge is 0.309 e. The zero-order valence-electron chi connectivity index (χ0n) is 21.5. The summed E-state index contributed by atoms with van der Waals surface area (Å²) in [6.45, 7) is 2.15. The quantitative estimate of drug-likeness (QED) is 0.252. The van der Waals surface area contributed by atoms with E-state index in [1.807, 2.05) is 24.3 Å². The van der Waals surface area contributed by atoms with Crippen molar-refractivity contribution >= 4 is 52.0 Å². The van der Waals surface area contributed by atoms with E-state index in [2.05, 4.69) is 33.3 Å². The maximum absolute atomic E-state index is 13.2. The number of carbonyl (C=O) groups excluding carboxylic acids is 1. The Morgan fingerprint density at radius 2 is 1.79 bits per heavy atom. The summed E-state index contributed by atoms with van der Waals surface area (Å²) in [6, 6.07) is 16.5. The molecule has 3 heterocycles. The number of fused-ring (bicyclic) bond motifs is 3. The molecular weight excluding hydrogens is 551 g/mol. The normalized spacial score (nSPS) is 17.1. The molecule has 1 fully saturated rings. The molecule has 4 aromatic rings. The van der Waals surface area contributed by atoms with Gasteiger partial charge in [0.05, 0.1) is 5.71 Å². The first kappa shape index (κ1) is 26.0. The average Bonchev–Trinajstić information content (AvgIpc) is 3.54. The molecule has 2 aromatic heterocycles. The van der Waals surface area contributed by atoms with E-state index < -0.39 is 12.2 Å². The van der Waals surface area contributed by atoms with Crippen LogP contribution >= 0.6 is 34.5 Å². The third-order valence-corrected chi connectivity index (χ3v) is 9.06. The minimum Gasteiger partial charge on any atom is -0.309 e. The second kappa shape index (κ2) is 11.1. The molecule has 0 radical (unpaired) electrons. The van der Waals surface area contributed by atoms with Gasteiger partial charge in [0.2, 0.25) is 0 Å². The summed E-state index contributed by atoms with van der Waals surface area (Å²) in [7, 11) is 0. The number of benzene rings is 2. The number of rotatable bonds is 5. The van der Waals surface area contributed by atoms with Crippen molar-refractivity contribution in [3.05, 3.63) is 92.3 Å². The van der Waals surface area contributed by atoms with Gasteiger partial charge >= 0.3 is 6.03 Å². The molecule has 1 unspecified atom stereocenters. The SMILES string of the molecule is CCc1cc2c(s1)-n1c(C3CCCCC3)nnc1C(NC(=O)Nc1cccc(Cl)c1)N=C2c1ccccc1Cl. The fraction of sp³-hybridized carbons (Fsp3) is 0.310. The molecule has 1 aliphatic heterocycles. The molecule has 0 saturated heterocycles. The van der Waals surface area contributed by atoms with Crippen molar-refractivity contribution in [3.8, 4) is 5.00 Å². The van der Waals surface area contributed by atoms with Crippen LogP contribution in [0.5, 0.6) is 0 Å². The van der Waals surface area contributed by atoms with Crippen molar-refractivity contribution in [1.29, 1.82) is 0 Å². The van der Waals surface area contributed by atoms with E-state index in [0.717, 1.165) is 46.9 Å². The van der Waals surface area contributed by atoms with Crippen LogP contribution in [0.25, 0.3) is 5.00 Å². The lowest BCUT2D eigenvalue weighted by atomic mass is 9.88. The third kappa shape index (κ3) is 5.21. The number of urea groups is 1. The number of aromatic nitrogens is 3. The number of aryl methyl sites for hydroxylation is 1. The van der Waals surface area contributed by atoms with Crippen LogP contribution < -0.4 is 10.6 Å². The minimum atomic E-state index is -0.787. The van der Waals surface area contributed by atoms with Gasteiger partial charge < -0.3 is 10.6 Å². The average molecular weight is 580 g/mol. The molecule has 1 atom stereocenters. The largest absolute Gasteiger partial charge is 0.321 e. The molecule has 2 aromatic carbocycles. The highest BCUT2D eigenvalue weighted by Crippen LogP contribution is 2.40. The van der Waals surface area contributed by atoms with E-state index in [1.165, 1.54) is 24.1 Å². The topological polar surface area (TPSA) is 84.2 Å². The number of amides is 2. The summed E-state index contributed by atoms with van der Waals surface area (Å²) in [5.41, 5.74) is 3.09. The van der Waals surface area contributed by atoms with Crippen LogP contribution in [0.15, 0.2) is 59.6 Å². The number of hydrogen-bond donors (Lipinski definition) is 2.